The van der Waals surface area contributed by atoms with Crippen LogP contribution in [0.5, 0.6) is 0 Å². The monoisotopic (exact) mass is 412 g/mol. The van der Waals surface area contributed by atoms with Crippen LogP contribution >= 0.6 is 43.5 Å². The predicted molar refractivity (Wildman–Crippen MR) is 89.5 cm³/mol. The minimum Gasteiger partial charge on any atom is -0.392 e. The van der Waals surface area contributed by atoms with Crippen LogP contribution in [-0.4, -0.2) is 25.7 Å². The van der Waals surface area contributed by atoms with Gasteiger partial charge in [0.05, 0.1) is 6.10 Å². The van der Waals surface area contributed by atoms with Gasteiger partial charge in [-0.3, -0.25) is 0 Å². The molecule has 5 atom stereocenters. The molecule has 0 bridgehead atoms. The summed E-state index contributed by atoms with van der Waals surface area (Å²) in [6.45, 7) is 10.9. The van der Waals surface area contributed by atoms with Gasteiger partial charge in [0.15, 0.2) is 0 Å². The average Bonchev–Trinajstić information content (AvgIpc) is 2.29. The maximum absolute atomic E-state index is 10.2. The molecule has 0 aromatic heterocycles. The SMILES string of the molecule is C=C1C[C@H](O)[C@@H](Br)C(C)(C)[C@@]12CC[C@@](C)(Br)[C@H](Cl)C2. The summed E-state index contributed by atoms with van der Waals surface area (Å²) in [5.41, 5.74) is 1.16. The van der Waals surface area contributed by atoms with Crippen molar-refractivity contribution in [2.45, 2.75) is 67.1 Å². The molecule has 0 amide bonds. The topological polar surface area (TPSA) is 20.2 Å². The Bertz CT molecular complexity index is 394. The molecule has 0 unspecified atom stereocenters. The second kappa shape index (κ2) is 5.00. The van der Waals surface area contributed by atoms with Crippen molar-refractivity contribution in [3.8, 4) is 0 Å². The molecule has 2 fully saturated rings. The van der Waals surface area contributed by atoms with E-state index >= 15 is 0 Å². The zero-order valence-electron chi connectivity index (χ0n) is 11.8. The van der Waals surface area contributed by atoms with E-state index < -0.39 is 0 Å². The summed E-state index contributed by atoms with van der Waals surface area (Å²) < 4.78 is 0.00797. The third kappa shape index (κ3) is 2.37. The fraction of sp³-hybridized carbons (Fsp3) is 0.867. The maximum Gasteiger partial charge on any atom is 0.0707 e. The molecular formula is C15H23Br2ClO. The molecule has 4 heteroatoms. The largest absolute Gasteiger partial charge is 0.392 e. The fourth-order valence-electron chi connectivity index (χ4n) is 3.89. The van der Waals surface area contributed by atoms with Gasteiger partial charge < -0.3 is 5.11 Å². The highest BCUT2D eigenvalue weighted by Crippen LogP contribution is 2.64. The van der Waals surface area contributed by atoms with Gasteiger partial charge in [0.1, 0.15) is 0 Å². The Balaban J connectivity index is 2.39. The van der Waals surface area contributed by atoms with Crippen molar-refractivity contribution in [2.24, 2.45) is 10.8 Å². The Labute approximate surface area is 138 Å². The first-order chi connectivity index (χ1) is 8.54. The van der Waals surface area contributed by atoms with E-state index in [2.05, 4.69) is 59.2 Å². The van der Waals surface area contributed by atoms with Gasteiger partial charge in [-0.25, -0.2) is 0 Å². The molecule has 0 radical (unpaired) electrons. The van der Waals surface area contributed by atoms with E-state index in [1.807, 2.05) is 0 Å². The Kier molecular flexibility index (Phi) is 4.29. The quantitative estimate of drug-likeness (QED) is 0.435. The molecule has 0 aromatic carbocycles. The van der Waals surface area contributed by atoms with Gasteiger partial charge in [-0.1, -0.05) is 57.9 Å². The minimum atomic E-state index is -0.348. The standard InChI is InChI=1S/C15H23Br2ClO/c1-9-7-10(19)12(16)13(2,3)15(9)6-5-14(4,17)11(18)8-15/h10-12,19H,1,5-8H2,2-4H3/t10-,11+,12+,14+,15+/m0/s1. The first-order valence-corrected chi connectivity index (χ1v) is 9.02. The maximum atomic E-state index is 10.2. The van der Waals surface area contributed by atoms with Crippen LogP contribution in [0.3, 0.4) is 0 Å². The Hall–Kier alpha value is 0.950. The highest BCUT2D eigenvalue weighted by atomic mass is 79.9. The number of hydrogen-bond acceptors (Lipinski definition) is 1. The van der Waals surface area contributed by atoms with E-state index in [-0.39, 0.29) is 31.5 Å². The molecule has 2 aliphatic carbocycles. The highest BCUT2D eigenvalue weighted by Gasteiger charge is 2.59. The van der Waals surface area contributed by atoms with E-state index in [4.69, 9.17) is 11.6 Å². The van der Waals surface area contributed by atoms with Crippen molar-refractivity contribution in [3.63, 3.8) is 0 Å². The molecule has 110 valence electrons. The molecule has 2 saturated carbocycles. The summed E-state index contributed by atoms with van der Waals surface area (Å²) in [5, 5.41) is 10.3. The number of aliphatic hydroxyl groups excluding tert-OH is 1. The molecular weight excluding hydrogens is 391 g/mol. The van der Waals surface area contributed by atoms with Crippen LogP contribution in [0.1, 0.15) is 46.5 Å². The Morgan fingerprint density at radius 1 is 1.32 bits per heavy atom. The zero-order chi connectivity index (χ0) is 14.6. The Morgan fingerprint density at radius 2 is 1.89 bits per heavy atom. The van der Waals surface area contributed by atoms with E-state index in [0.717, 1.165) is 19.3 Å². The summed E-state index contributed by atoms with van der Waals surface area (Å²) in [6, 6.07) is 0. The van der Waals surface area contributed by atoms with Gasteiger partial charge in [-0.05, 0) is 43.4 Å². The lowest BCUT2D eigenvalue weighted by molar-refractivity contribution is -0.0175. The third-order valence-electron chi connectivity index (χ3n) is 5.61. The number of hydrogen-bond donors (Lipinski definition) is 1. The first kappa shape index (κ1) is 16.3. The van der Waals surface area contributed by atoms with Crippen LogP contribution in [0.25, 0.3) is 0 Å². The van der Waals surface area contributed by atoms with Crippen LogP contribution < -0.4 is 0 Å². The molecule has 0 saturated heterocycles. The van der Waals surface area contributed by atoms with Crippen LogP contribution in [-0.2, 0) is 0 Å². The van der Waals surface area contributed by atoms with E-state index in [1.54, 1.807) is 0 Å². The van der Waals surface area contributed by atoms with Crippen LogP contribution in [0.15, 0.2) is 12.2 Å². The van der Waals surface area contributed by atoms with Gasteiger partial charge >= 0.3 is 0 Å². The molecule has 0 aromatic rings. The van der Waals surface area contributed by atoms with E-state index in [1.165, 1.54) is 5.57 Å². The molecule has 19 heavy (non-hydrogen) atoms. The van der Waals surface area contributed by atoms with E-state index in [9.17, 15) is 5.11 Å². The van der Waals surface area contributed by atoms with Crippen molar-refractivity contribution < 1.29 is 5.11 Å². The number of aliphatic hydroxyl groups is 1. The Morgan fingerprint density at radius 3 is 2.42 bits per heavy atom. The first-order valence-electron chi connectivity index (χ1n) is 6.88. The molecule has 1 spiro atoms. The van der Waals surface area contributed by atoms with E-state index in [0.29, 0.717) is 6.42 Å². The van der Waals surface area contributed by atoms with Gasteiger partial charge in [0, 0.05) is 14.5 Å². The summed E-state index contributed by atoms with van der Waals surface area (Å²) in [5.74, 6) is 0. The lowest BCUT2D eigenvalue weighted by atomic mass is 9.49. The molecule has 1 N–H and O–H groups in total. The van der Waals surface area contributed by atoms with Crippen molar-refractivity contribution in [1.82, 2.24) is 0 Å². The van der Waals surface area contributed by atoms with Gasteiger partial charge in [0.2, 0.25) is 0 Å². The van der Waals surface area contributed by atoms with Crippen LogP contribution in [0.2, 0.25) is 0 Å². The third-order valence-corrected chi connectivity index (χ3v) is 9.22. The molecule has 0 heterocycles. The number of rotatable bonds is 0. The van der Waals surface area contributed by atoms with Crippen LogP contribution in [0.4, 0.5) is 0 Å². The minimum absolute atomic E-state index is 0.00797. The summed E-state index contributed by atoms with van der Waals surface area (Å²) in [4.78, 5) is 0.0917. The van der Waals surface area contributed by atoms with Crippen LogP contribution in [0, 0.1) is 10.8 Å². The highest BCUT2D eigenvalue weighted by molar-refractivity contribution is 9.10. The van der Waals surface area contributed by atoms with Gasteiger partial charge in [-0.15, -0.1) is 11.6 Å². The molecule has 1 nitrogen and oxygen atoms in total. The lowest BCUT2D eigenvalue weighted by Gasteiger charge is -2.60. The molecule has 2 rings (SSSR count). The average molecular weight is 415 g/mol. The summed E-state index contributed by atoms with van der Waals surface area (Å²) >= 11 is 14.1. The van der Waals surface area contributed by atoms with Crippen molar-refractivity contribution in [1.29, 1.82) is 0 Å². The fourth-order valence-corrected chi connectivity index (χ4v) is 5.25. The second-order valence-electron chi connectivity index (χ2n) is 7.03. The number of alkyl halides is 3. The van der Waals surface area contributed by atoms with Crippen molar-refractivity contribution >= 4 is 43.5 Å². The predicted octanol–water partition coefficient (Wildman–Crippen LogP) is 5.03. The second-order valence-corrected chi connectivity index (χ2v) is 10.4. The van der Waals surface area contributed by atoms with Gasteiger partial charge in [0.25, 0.3) is 0 Å². The molecule has 2 aliphatic rings. The lowest BCUT2D eigenvalue weighted by Crippen LogP contribution is -2.58. The van der Waals surface area contributed by atoms with Gasteiger partial charge in [-0.2, -0.15) is 0 Å². The summed E-state index contributed by atoms with van der Waals surface area (Å²) in [6.07, 6.45) is 3.39. The van der Waals surface area contributed by atoms with Crippen molar-refractivity contribution in [3.05, 3.63) is 12.2 Å². The van der Waals surface area contributed by atoms with Crippen molar-refractivity contribution in [2.75, 3.05) is 0 Å². The summed E-state index contributed by atoms with van der Waals surface area (Å²) in [7, 11) is 0. The molecule has 0 aliphatic heterocycles. The number of halogens is 3. The smallest absolute Gasteiger partial charge is 0.0707 e. The normalized spacial score (nSPS) is 50.5. The zero-order valence-corrected chi connectivity index (χ0v) is 15.8.